The van der Waals surface area contributed by atoms with E-state index < -0.39 is 23.4 Å². The van der Waals surface area contributed by atoms with Crippen molar-refractivity contribution in [3.63, 3.8) is 0 Å². The zero-order valence-electron chi connectivity index (χ0n) is 19.4. The number of hydrogen-bond donors (Lipinski definition) is 0. The van der Waals surface area contributed by atoms with Crippen molar-refractivity contribution in [1.29, 1.82) is 0 Å². The van der Waals surface area contributed by atoms with Gasteiger partial charge in [-0.2, -0.15) is 0 Å². The average Bonchev–Trinajstić information content (AvgIpc) is 2.69. The molecule has 2 aromatic rings. The van der Waals surface area contributed by atoms with Gasteiger partial charge in [-0.05, 0) is 65.8 Å². The van der Waals surface area contributed by atoms with Crippen molar-refractivity contribution in [1.82, 2.24) is 10.0 Å². The molecule has 0 heterocycles. The van der Waals surface area contributed by atoms with E-state index in [-0.39, 0.29) is 5.56 Å². The number of aryl methyl sites for hydroxylation is 2. The van der Waals surface area contributed by atoms with Crippen LogP contribution in [0.5, 0.6) is 5.75 Å². The fraction of sp³-hybridized carbons (Fsp3) is 0.375. The van der Waals surface area contributed by atoms with E-state index in [4.69, 9.17) is 9.47 Å². The van der Waals surface area contributed by atoms with Gasteiger partial charge in [0.2, 0.25) is 0 Å². The first-order chi connectivity index (χ1) is 14.4. The van der Waals surface area contributed by atoms with Crippen molar-refractivity contribution in [3.05, 3.63) is 64.2 Å². The predicted octanol–water partition coefficient (Wildman–Crippen LogP) is 4.68. The van der Waals surface area contributed by atoms with Crippen molar-refractivity contribution < 1.29 is 23.9 Å². The summed E-state index contributed by atoms with van der Waals surface area (Å²) in [5.74, 6) is -0.673. The zero-order valence-corrected chi connectivity index (χ0v) is 19.4. The molecule has 0 bridgehead atoms. The molecule has 0 spiro atoms. The maximum absolute atomic E-state index is 13.6. The van der Waals surface area contributed by atoms with Crippen LogP contribution in [0.2, 0.25) is 0 Å². The van der Waals surface area contributed by atoms with Crippen molar-refractivity contribution >= 4 is 17.9 Å². The van der Waals surface area contributed by atoms with Gasteiger partial charge >= 0.3 is 6.09 Å². The van der Waals surface area contributed by atoms with Crippen LogP contribution in [-0.4, -0.2) is 47.7 Å². The molecule has 166 valence electrons. The number of nitrogens with zero attached hydrogens (tertiary/aromatic N) is 2. The smallest absolute Gasteiger partial charge is 0.436 e. The number of rotatable bonds is 3. The quantitative estimate of drug-likeness (QED) is 0.666. The SMILES string of the molecule is COC(=O)N(C(=O)c1cccc(OC)c1C)N(C(=O)c1cc(C)cc(C)c1)C(C)(C)C. The van der Waals surface area contributed by atoms with Crippen LogP contribution in [0.4, 0.5) is 4.79 Å². The van der Waals surface area contributed by atoms with Gasteiger partial charge in [0.05, 0.1) is 19.8 Å². The molecule has 3 amide bonds. The summed E-state index contributed by atoms with van der Waals surface area (Å²) >= 11 is 0. The number of hydrazine groups is 1. The Labute approximate surface area is 183 Å². The van der Waals surface area contributed by atoms with E-state index in [2.05, 4.69) is 0 Å². The maximum Gasteiger partial charge on any atom is 0.436 e. The summed E-state index contributed by atoms with van der Waals surface area (Å²) in [4.78, 5) is 40.0. The molecule has 0 saturated carbocycles. The summed E-state index contributed by atoms with van der Waals surface area (Å²) in [5, 5.41) is 1.91. The second kappa shape index (κ2) is 9.20. The summed E-state index contributed by atoms with van der Waals surface area (Å²) in [7, 11) is 2.67. The molecule has 2 rings (SSSR count). The van der Waals surface area contributed by atoms with Gasteiger partial charge in [0.15, 0.2) is 0 Å². The number of carbonyl (C=O) groups is 3. The summed E-state index contributed by atoms with van der Waals surface area (Å²) in [6.07, 6.45) is -0.958. The summed E-state index contributed by atoms with van der Waals surface area (Å²) in [6, 6.07) is 10.4. The number of methoxy groups -OCH3 is 2. The molecule has 0 N–H and O–H groups in total. The lowest BCUT2D eigenvalue weighted by Gasteiger charge is -2.41. The van der Waals surface area contributed by atoms with E-state index in [1.807, 2.05) is 19.9 Å². The summed E-state index contributed by atoms with van der Waals surface area (Å²) < 4.78 is 10.2. The Morgan fingerprint density at radius 1 is 0.871 bits per heavy atom. The molecule has 2 aromatic carbocycles. The first-order valence-electron chi connectivity index (χ1n) is 9.91. The Balaban J connectivity index is 2.67. The monoisotopic (exact) mass is 426 g/mol. The first-order valence-corrected chi connectivity index (χ1v) is 9.91. The molecule has 0 aliphatic rings. The molecule has 0 unspecified atom stereocenters. The third-order valence-corrected chi connectivity index (χ3v) is 4.77. The van der Waals surface area contributed by atoms with Crippen LogP contribution in [0.3, 0.4) is 0 Å². The number of carbonyl (C=O) groups excluding carboxylic acids is 3. The third-order valence-electron chi connectivity index (χ3n) is 4.77. The second-order valence-electron chi connectivity index (χ2n) is 8.38. The molecule has 0 saturated heterocycles. The lowest BCUT2D eigenvalue weighted by molar-refractivity contribution is -0.0364. The minimum atomic E-state index is -0.958. The zero-order chi connectivity index (χ0) is 23.5. The first kappa shape index (κ1) is 23.9. The third kappa shape index (κ3) is 5.05. The van der Waals surface area contributed by atoms with Crippen LogP contribution < -0.4 is 4.74 Å². The molecule has 0 fully saturated rings. The van der Waals surface area contributed by atoms with Crippen LogP contribution in [-0.2, 0) is 4.74 Å². The Hall–Kier alpha value is -3.35. The van der Waals surface area contributed by atoms with E-state index in [9.17, 15) is 14.4 Å². The van der Waals surface area contributed by atoms with Crippen LogP contribution in [0.25, 0.3) is 0 Å². The highest BCUT2D eigenvalue weighted by atomic mass is 16.5. The highest BCUT2D eigenvalue weighted by Gasteiger charge is 2.41. The lowest BCUT2D eigenvalue weighted by Crippen LogP contribution is -2.60. The second-order valence-corrected chi connectivity index (χ2v) is 8.38. The van der Waals surface area contributed by atoms with Crippen molar-refractivity contribution in [2.45, 2.75) is 47.1 Å². The molecule has 0 atom stereocenters. The Bertz CT molecular complexity index is 987. The summed E-state index contributed by atoms with van der Waals surface area (Å²) in [6.45, 7) is 10.7. The number of amides is 3. The molecule has 0 aromatic heterocycles. The molecular formula is C24H30N2O5. The highest BCUT2D eigenvalue weighted by Crippen LogP contribution is 2.27. The predicted molar refractivity (Wildman–Crippen MR) is 118 cm³/mol. The Kier molecular flexibility index (Phi) is 7.10. The Morgan fingerprint density at radius 2 is 1.45 bits per heavy atom. The van der Waals surface area contributed by atoms with E-state index in [0.717, 1.165) is 21.1 Å². The van der Waals surface area contributed by atoms with E-state index >= 15 is 0 Å². The summed E-state index contributed by atoms with van der Waals surface area (Å²) in [5.41, 5.74) is 2.04. The maximum atomic E-state index is 13.6. The van der Waals surface area contributed by atoms with Gasteiger partial charge in [0.1, 0.15) is 5.75 Å². The average molecular weight is 427 g/mol. The molecule has 0 aliphatic carbocycles. The molecule has 31 heavy (non-hydrogen) atoms. The van der Waals surface area contributed by atoms with E-state index in [1.165, 1.54) is 14.2 Å². The van der Waals surface area contributed by atoms with Crippen molar-refractivity contribution in [3.8, 4) is 5.75 Å². The fourth-order valence-electron chi connectivity index (χ4n) is 3.44. The van der Waals surface area contributed by atoms with Crippen LogP contribution >= 0.6 is 0 Å². The molecular weight excluding hydrogens is 396 g/mol. The topological polar surface area (TPSA) is 76.2 Å². The van der Waals surface area contributed by atoms with Gasteiger partial charge in [-0.1, -0.05) is 23.3 Å². The van der Waals surface area contributed by atoms with Crippen LogP contribution in [0, 0.1) is 20.8 Å². The lowest BCUT2D eigenvalue weighted by atomic mass is 10.0. The van der Waals surface area contributed by atoms with Crippen LogP contribution in [0.1, 0.15) is 58.2 Å². The standard InChI is InChI=1S/C24H30N2O5/c1-15-12-16(2)14-18(13-15)21(27)26(24(4,5)6)25(23(29)31-8)22(28)19-10-9-11-20(30-7)17(19)3/h9-14H,1-8H3. The van der Waals surface area contributed by atoms with Crippen molar-refractivity contribution in [2.75, 3.05) is 14.2 Å². The Morgan fingerprint density at radius 3 is 1.94 bits per heavy atom. The van der Waals surface area contributed by atoms with Gasteiger partial charge in [-0.15, -0.1) is 5.01 Å². The molecule has 7 heteroatoms. The van der Waals surface area contributed by atoms with Gasteiger partial charge in [0, 0.05) is 16.7 Å². The number of hydrogen-bond acceptors (Lipinski definition) is 5. The van der Waals surface area contributed by atoms with E-state index in [0.29, 0.717) is 16.9 Å². The number of benzene rings is 2. The van der Waals surface area contributed by atoms with Gasteiger partial charge in [-0.3, -0.25) is 9.59 Å². The minimum Gasteiger partial charge on any atom is -0.496 e. The van der Waals surface area contributed by atoms with Gasteiger partial charge < -0.3 is 9.47 Å². The van der Waals surface area contributed by atoms with Crippen molar-refractivity contribution in [2.24, 2.45) is 0 Å². The van der Waals surface area contributed by atoms with Crippen LogP contribution in [0.15, 0.2) is 36.4 Å². The number of imide groups is 1. The molecule has 0 radical (unpaired) electrons. The van der Waals surface area contributed by atoms with E-state index in [1.54, 1.807) is 58.0 Å². The largest absolute Gasteiger partial charge is 0.496 e. The number of ether oxygens (including phenoxy) is 2. The van der Waals surface area contributed by atoms with Gasteiger partial charge in [-0.25, -0.2) is 9.80 Å². The fourth-order valence-corrected chi connectivity index (χ4v) is 3.44. The highest BCUT2D eigenvalue weighted by molar-refractivity contribution is 6.07. The minimum absolute atomic E-state index is 0.229. The van der Waals surface area contributed by atoms with Gasteiger partial charge in [0.25, 0.3) is 11.8 Å². The normalized spacial score (nSPS) is 11.0. The molecule has 7 nitrogen and oxygen atoms in total. The molecule has 0 aliphatic heterocycles.